The molecule has 0 aliphatic carbocycles. The number of rotatable bonds is 6. The van der Waals surface area contributed by atoms with E-state index in [1.54, 1.807) is 11.0 Å². The number of carbonyl (C=O) groups is 1. The van der Waals surface area contributed by atoms with Gasteiger partial charge in [0.2, 0.25) is 5.91 Å². The molecule has 3 aromatic rings. The molecule has 0 spiro atoms. The second-order valence-electron chi connectivity index (χ2n) is 8.38. The van der Waals surface area contributed by atoms with Crippen molar-refractivity contribution >= 4 is 65.6 Å². The van der Waals surface area contributed by atoms with Gasteiger partial charge >= 0.3 is 0 Å². The van der Waals surface area contributed by atoms with Crippen LogP contribution >= 0.6 is 34.3 Å². The molecule has 0 saturated carbocycles. The van der Waals surface area contributed by atoms with Crippen LogP contribution in [0.3, 0.4) is 0 Å². The second kappa shape index (κ2) is 9.24. The van der Waals surface area contributed by atoms with E-state index in [2.05, 4.69) is 6.07 Å². The zero-order valence-corrected chi connectivity index (χ0v) is 21.3. The Balaban J connectivity index is 1.49. The summed E-state index contributed by atoms with van der Waals surface area (Å²) in [6.07, 6.45) is 2.85. The van der Waals surface area contributed by atoms with Crippen LogP contribution < -0.4 is 4.90 Å². The summed E-state index contributed by atoms with van der Waals surface area (Å²) in [4.78, 5) is 20.3. The lowest BCUT2D eigenvalue weighted by atomic mass is 10.2. The van der Waals surface area contributed by atoms with Crippen molar-refractivity contribution in [3.05, 3.63) is 40.2 Å². The molecule has 33 heavy (non-hydrogen) atoms. The monoisotopic (exact) mass is 525 g/mol. The Hall–Kier alpha value is -1.56. The number of anilines is 1. The molecule has 2 aliphatic rings. The number of aromatic nitrogens is 1. The summed E-state index contributed by atoms with van der Waals surface area (Å²) in [6, 6.07) is 8.30. The molecule has 0 bridgehead atoms. The third kappa shape index (κ3) is 4.56. The number of amides is 1. The number of hydrogen-bond donors (Lipinski definition) is 0. The number of sulfonamides is 1. The highest BCUT2D eigenvalue weighted by atomic mass is 35.5. The van der Waals surface area contributed by atoms with Gasteiger partial charge in [-0.1, -0.05) is 29.0 Å². The normalized spacial score (nSPS) is 21.8. The van der Waals surface area contributed by atoms with Gasteiger partial charge in [0.15, 0.2) is 5.13 Å². The van der Waals surface area contributed by atoms with Gasteiger partial charge in [0.1, 0.15) is 10.3 Å². The smallest absolute Gasteiger partial charge is 0.253 e. The maximum Gasteiger partial charge on any atom is 0.253 e. The number of aryl methyl sites for hydroxylation is 1. The Kier molecular flexibility index (Phi) is 6.49. The first-order valence-electron chi connectivity index (χ1n) is 10.9. The highest BCUT2D eigenvalue weighted by Gasteiger charge is 2.43. The molecular weight excluding hydrogens is 502 g/mol. The number of hydrogen-bond acceptors (Lipinski definition) is 7. The van der Waals surface area contributed by atoms with Gasteiger partial charge in [0.05, 0.1) is 27.2 Å². The number of fused-ring (bicyclic) bond motifs is 1. The number of carbonyl (C=O) groups excluding carboxylic acids is 1. The largest absolute Gasteiger partial charge is 0.376 e. The molecule has 11 heteroatoms. The number of benzene rings is 1. The van der Waals surface area contributed by atoms with E-state index >= 15 is 0 Å². The summed E-state index contributed by atoms with van der Waals surface area (Å²) in [5.41, 5.74) is 1.95. The Bertz CT molecular complexity index is 1280. The van der Waals surface area contributed by atoms with Crippen LogP contribution in [0.4, 0.5) is 5.13 Å². The molecule has 2 fully saturated rings. The maximum atomic E-state index is 13.9. The fourth-order valence-electron chi connectivity index (χ4n) is 4.40. The van der Waals surface area contributed by atoms with Crippen molar-refractivity contribution < 1.29 is 17.9 Å². The Labute approximate surface area is 206 Å². The summed E-state index contributed by atoms with van der Waals surface area (Å²) in [5.74, 6) is -0.245. The third-order valence-electron chi connectivity index (χ3n) is 6.04. The predicted molar refractivity (Wildman–Crippen MR) is 132 cm³/mol. The van der Waals surface area contributed by atoms with Crippen molar-refractivity contribution in [1.29, 1.82) is 0 Å². The highest BCUT2D eigenvalue weighted by Crippen LogP contribution is 2.35. The first-order valence-corrected chi connectivity index (χ1v) is 14.4. The van der Waals surface area contributed by atoms with E-state index in [-0.39, 0.29) is 16.2 Å². The van der Waals surface area contributed by atoms with Gasteiger partial charge in [-0.25, -0.2) is 13.4 Å². The topological polar surface area (TPSA) is 79.8 Å². The van der Waals surface area contributed by atoms with Gasteiger partial charge in [-0.3, -0.25) is 9.69 Å². The minimum atomic E-state index is -3.81. The fraction of sp³-hybridized carbons (Fsp3) is 0.455. The summed E-state index contributed by atoms with van der Waals surface area (Å²) in [7, 11) is -3.81. The van der Waals surface area contributed by atoms with Crippen LogP contribution in [0.5, 0.6) is 0 Å². The van der Waals surface area contributed by atoms with Crippen molar-refractivity contribution in [3.63, 3.8) is 0 Å². The minimum Gasteiger partial charge on any atom is -0.376 e. The molecule has 2 unspecified atom stereocenters. The Morgan fingerprint density at radius 3 is 2.82 bits per heavy atom. The van der Waals surface area contributed by atoms with Crippen LogP contribution in [0.1, 0.15) is 31.2 Å². The van der Waals surface area contributed by atoms with E-state index in [9.17, 15) is 13.2 Å². The molecule has 7 nitrogen and oxygen atoms in total. The molecule has 4 heterocycles. The SMILES string of the molecule is Cc1ccc2nc(N(CC3CCCO3)C(=O)C3CCCN3S(=O)(=O)c3ccc(Cl)s3)sc2c1. The van der Waals surface area contributed by atoms with Crippen molar-refractivity contribution in [2.45, 2.75) is 49.0 Å². The van der Waals surface area contributed by atoms with E-state index in [4.69, 9.17) is 21.3 Å². The maximum absolute atomic E-state index is 13.9. The fourth-order valence-corrected chi connectivity index (χ4v) is 8.74. The molecule has 1 amide bonds. The zero-order valence-electron chi connectivity index (χ0n) is 18.1. The lowest BCUT2D eigenvalue weighted by molar-refractivity contribution is -0.122. The zero-order chi connectivity index (χ0) is 23.2. The van der Waals surface area contributed by atoms with Crippen LogP contribution in [0, 0.1) is 6.92 Å². The lowest BCUT2D eigenvalue weighted by Crippen LogP contribution is -2.49. The molecule has 2 atom stereocenters. The first kappa shape index (κ1) is 23.2. The van der Waals surface area contributed by atoms with E-state index in [0.717, 1.165) is 40.0 Å². The molecule has 176 valence electrons. The number of thiazole rings is 1. The van der Waals surface area contributed by atoms with Gasteiger partial charge in [-0.2, -0.15) is 4.31 Å². The lowest BCUT2D eigenvalue weighted by Gasteiger charge is -2.29. The van der Waals surface area contributed by atoms with E-state index < -0.39 is 16.1 Å². The van der Waals surface area contributed by atoms with Gasteiger partial charge in [-0.05, 0) is 62.4 Å². The van der Waals surface area contributed by atoms with Gasteiger partial charge in [0.25, 0.3) is 10.0 Å². The van der Waals surface area contributed by atoms with Crippen molar-refractivity contribution in [3.8, 4) is 0 Å². The molecular formula is C22H24ClN3O4S3. The number of nitrogens with zero attached hydrogens (tertiary/aromatic N) is 3. The van der Waals surface area contributed by atoms with Crippen molar-refractivity contribution in [2.75, 3.05) is 24.6 Å². The summed E-state index contributed by atoms with van der Waals surface area (Å²) < 4.78 is 35.3. The van der Waals surface area contributed by atoms with Gasteiger partial charge < -0.3 is 4.74 Å². The number of thiophene rings is 1. The average molecular weight is 526 g/mol. The average Bonchev–Trinajstić information content (AvgIpc) is 3.57. The van der Waals surface area contributed by atoms with Gasteiger partial charge in [0, 0.05) is 13.2 Å². The van der Waals surface area contributed by atoms with Crippen LogP contribution in [0.2, 0.25) is 4.34 Å². The minimum absolute atomic E-state index is 0.0785. The highest BCUT2D eigenvalue weighted by molar-refractivity contribution is 7.91. The molecule has 2 saturated heterocycles. The first-order chi connectivity index (χ1) is 15.8. The molecule has 0 radical (unpaired) electrons. The Morgan fingerprint density at radius 1 is 1.24 bits per heavy atom. The second-order valence-corrected chi connectivity index (χ2v) is 13.2. The van der Waals surface area contributed by atoms with E-state index in [1.165, 1.54) is 21.7 Å². The summed E-state index contributed by atoms with van der Waals surface area (Å²) in [6.45, 7) is 3.37. The number of ether oxygens (including phenoxy) is 1. The standard InChI is InChI=1S/C22H24ClN3O4S3/c1-14-6-7-16-18(12-14)31-22(24-16)25(13-15-4-3-11-30-15)21(27)17-5-2-10-26(17)33(28,29)20-9-8-19(23)32-20/h6-9,12,15,17H,2-5,10-11,13H2,1H3. The molecule has 5 rings (SSSR count). The van der Waals surface area contributed by atoms with E-state index in [0.29, 0.717) is 42.0 Å². The third-order valence-corrected chi connectivity index (χ3v) is 10.7. The van der Waals surface area contributed by atoms with Crippen LogP contribution in [0.15, 0.2) is 34.5 Å². The van der Waals surface area contributed by atoms with Gasteiger partial charge in [-0.15, -0.1) is 11.3 Å². The van der Waals surface area contributed by atoms with Crippen LogP contribution in [-0.2, 0) is 19.6 Å². The molecule has 2 aliphatic heterocycles. The Morgan fingerprint density at radius 2 is 2.09 bits per heavy atom. The predicted octanol–water partition coefficient (Wildman–Crippen LogP) is 4.68. The quantitative estimate of drug-likeness (QED) is 0.466. The van der Waals surface area contributed by atoms with Crippen LogP contribution in [0.25, 0.3) is 10.2 Å². The number of halogens is 1. The van der Waals surface area contributed by atoms with Crippen LogP contribution in [-0.4, -0.2) is 55.5 Å². The molecule has 2 aromatic heterocycles. The van der Waals surface area contributed by atoms with Crippen molar-refractivity contribution in [2.24, 2.45) is 0 Å². The summed E-state index contributed by atoms with van der Waals surface area (Å²) >= 11 is 8.45. The molecule has 1 aromatic carbocycles. The van der Waals surface area contributed by atoms with E-state index in [1.807, 2.05) is 19.1 Å². The summed E-state index contributed by atoms with van der Waals surface area (Å²) in [5, 5.41) is 0.583. The van der Waals surface area contributed by atoms with Crippen molar-refractivity contribution in [1.82, 2.24) is 9.29 Å². The molecule has 0 N–H and O–H groups in total.